The van der Waals surface area contributed by atoms with Crippen molar-refractivity contribution >= 4 is 5.95 Å². The standard InChI is InChI=1S/C10H15N3O/c14-7-3-9-2-6-13(8-9)10-11-4-1-5-12-10/h1,4-5,9,14H,2-3,6-8H2/t9-/m1/s1. The van der Waals surface area contributed by atoms with Gasteiger partial charge in [-0.2, -0.15) is 0 Å². The number of hydrogen-bond acceptors (Lipinski definition) is 4. The minimum Gasteiger partial charge on any atom is -0.396 e. The summed E-state index contributed by atoms with van der Waals surface area (Å²) in [6.45, 7) is 2.27. The van der Waals surface area contributed by atoms with Crippen molar-refractivity contribution < 1.29 is 5.11 Å². The van der Waals surface area contributed by atoms with Gasteiger partial charge in [-0.3, -0.25) is 0 Å². The second kappa shape index (κ2) is 4.37. The summed E-state index contributed by atoms with van der Waals surface area (Å²) in [5, 5.41) is 8.83. The summed E-state index contributed by atoms with van der Waals surface area (Å²) < 4.78 is 0. The van der Waals surface area contributed by atoms with Crippen LogP contribution in [0.5, 0.6) is 0 Å². The van der Waals surface area contributed by atoms with E-state index in [2.05, 4.69) is 14.9 Å². The molecule has 1 fully saturated rings. The number of nitrogens with zero attached hydrogens (tertiary/aromatic N) is 3. The zero-order valence-electron chi connectivity index (χ0n) is 8.13. The second-order valence-corrected chi connectivity index (χ2v) is 3.66. The van der Waals surface area contributed by atoms with Crippen molar-refractivity contribution in [3.8, 4) is 0 Å². The van der Waals surface area contributed by atoms with Gasteiger partial charge in [0, 0.05) is 32.1 Å². The van der Waals surface area contributed by atoms with Crippen molar-refractivity contribution in [3.63, 3.8) is 0 Å². The van der Waals surface area contributed by atoms with Crippen LogP contribution in [0.3, 0.4) is 0 Å². The normalized spacial score (nSPS) is 21.5. The molecule has 0 spiro atoms. The van der Waals surface area contributed by atoms with Crippen LogP contribution in [0.2, 0.25) is 0 Å². The molecule has 0 bridgehead atoms. The van der Waals surface area contributed by atoms with Crippen LogP contribution in [0, 0.1) is 5.92 Å². The molecular weight excluding hydrogens is 178 g/mol. The van der Waals surface area contributed by atoms with Gasteiger partial charge in [-0.1, -0.05) is 0 Å². The fourth-order valence-corrected chi connectivity index (χ4v) is 1.89. The molecule has 0 aliphatic carbocycles. The lowest BCUT2D eigenvalue weighted by Gasteiger charge is -2.15. The molecule has 14 heavy (non-hydrogen) atoms. The Morgan fingerprint density at radius 2 is 2.21 bits per heavy atom. The van der Waals surface area contributed by atoms with Crippen molar-refractivity contribution in [3.05, 3.63) is 18.5 Å². The van der Waals surface area contributed by atoms with E-state index in [0.29, 0.717) is 5.92 Å². The van der Waals surface area contributed by atoms with E-state index in [-0.39, 0.29) is 6.61 Å². The molecule has 1 atom stereocenters. The Morgan fingerprint density at radius 1 is 1.43 bits per heavy atom. The Bertz CT molecular complexity index is 278. The Kier molecular flexibility index (Phi) is 2.93. The molecule has 2 heterocycles. The van der Waals surface area contributed by atoms with E-state index < -0.39 is 0 Å². The summed E-state index contributed by atoms with van der Waals surface area (Å²) in [5.74, 6) is 1.41. The summed E-state index contributed by atoms with van der Waals surface area (Å²) >= 11 is 0. The number of anilines is 1. The van der Waals surface area contributed by atoms with Crippen LogP contribution >= 0.6 is 0 Å². The fraction of sp³-hybridized carbons (Fsp3) is 0.600. The molecule has 0 radical (unpaired) electrons. The van der Waals surface area contributed by atoms with Gasteiger partial charge in [0.1, 0.15) is 0 Å². The first kappa shape index (κ1) is 9.40. The van der Waals surface area contributed by atoms with Gasteiger partial charge < -0.3 is 10.0 Å². The Morgan fingerprint density at radius 3 is 2.93 bits per heavy atom. The van der Waals surface area contributed by atoms with Gasteiger partial charge in [0.25, 0.3) is 0 Å². The first-order valence-electron chi connectivity index (χ1n) is 5.03. The predicted molar refractivity (Wildman–Crippen MR) is 54.1 cm³/mol. The monoisotopic (exact) mass is 193 g/mol. The summed E-state index contributed by atoms with van der Waals surface area (Å²) in [6, 6.07) is 1.82. The molecule has 76 valence electrons. The summed E-state index contributed by atoms with van der Waals surface area (Å²) in [5.41, 5.74) is 0. The molecule has 0 unspecified atom stereocenters. The fourth-order valence-electron chi connectivity index (χ4n) is 1.89. The molecule has 4 heteroatoms. The molecule has 1 saturated heterocycles. The van der Waals surface area contributed by atoms with E-state index in [1.165, 1.54) is 0 Å². The first-order valence-corrected chi connectivity index (χ1v) is 5.03. The Balaban J connectivity index is 1.96. The number of aliphatic hydroxyl groups is 1. The highest BCUT2D eigenvalue weighted by Gasteiger charge is 2.23. The average molecular weight is 193 g/mol. The number of rotatable bonds is 3. The number of aliphatic hydroxyl groups excluding tert-OH is 1. The zero-order valence-corrected chi connectivity index (χ0v) is 8.13. The Hall–Kier alpha value is -1.16. The Labute approximate surface area is 83.6 Å². The molecule has 1 aromatic rings. The maximum atomic E-state index is 8.83. The summed E-state index contributed by atoms with van der Waals surface area (Å²) in [4.78, 5) is 10.6. The third kappa shape index (κ3) is 2.01. The van der Waals surface area contributed by atoms with Gasteiger partial charge in [-0.25, -0.2) is 9.97 Å². The SMILES string of the molecule is OCC[C@H]1CCN(c2ncccn2)C1. The molecule has 1 aromatic heterocycles. The number of aromatic nitrogens is 2. The minimum atomic E-state index is 0.286. The molecule has 4 nitrogen and oxygen atoms in total. The van der Waals surface area contributed by atoms with Crippen molar-refractivity contribution in [2.24, 2.45) is 5.92 Å². The van der Waals surface area contributed by atoms with Crippen LogP contribution in [0.15, 0.2) is 18.5 Å². The maximum Gasteiger partial charge on any atom is 0.225 e. The van der Waals surface area contributed by atoms with E-state index in [1.54, 1.807) is 12.4 Å². The third-order valence-corrected chi connectivity index (χ3v) is 2.66. The van der Waals surface area contributed by atoms with E-state index in [0.717, 1.165) is 31.9 Å². The molecule has 0 saturated carbocycles. The van der Waals surface area contributed by atoms with Gasteiger partial charge in [-0.15, -0.1) is 0 Å². The smallest absolute Gasteiger partial charge is 0.225 e. The van der Waals surface area contributed by atoms with Crippen molar-refractivity contribution in [2.75, 3.05) is 24.6 Å². The highest BCUT2D eigenvalue weighted by Crippen LogP contribution is 2.22. The van der Waals surface area contributed by atoms with Crippen LogP contribution in [-0.4, -0.2) is 34.8 Å². The van der Waals surface area contributed by atoms with Crippen LogP contribution in [-0.2, 0) is 0 Å². The van der Waals surface area contributed by atoms with E-state index in [4.69, 9.17) is 5.11 Å². The summed E-state index contributed by atoms with van der Waals surface area (Å²) in [6.07, 6.45) is 5.56. The van der Waals surface area contributed by atoms with Crippen LogP contribution in [0.1, 0.15) is 12.8 Å². The molecule has 1 aliphatic heterocycles. The quantitative estimate of drug-likeness (QED) is 0.767. The lowest BCUT2D eigenvalue weighted by atomic mass is 10.1. The second-order valence-electron chi connectivity index (χ2n) is 3.66. The van der Waals surface area contributed by atoms with E-state index >= 15 is 0 Å². The predicted octanol–water partition coefficient (Wildman–Crippen LogP) is 0.685. The van der Waals surface area contributed by atoms with Gasteiger partial charge in [0.05, 0.1) is 0 Å². The minimum absolute atomic E-state index is 0.286. The van der Waals surface area contributed by atoms with Crippen LogP contribution in [0.25, 0.3) is 0 Å². The number of hydrogen-bond donors (Lipinski definition) is 1. The molecule has 0 aromatic carbocycles. The topological polar surface area (TPSA) is 49.2 Å². The third-order valence-electron chi connectivity index (χ3n) is 2.66. The molecule has 1 N–H and O–H groups in total. The maximum absolute atomic E-state index is 8.83. The van der Waals surface area contributed by atoms with E-state index in [9.17, 15) is 0 Å². The molecule has 0 amide bonds. The van der Waals surface area contributed by atoms with Crippen LogP contribution in [0.4, 0.5) is 5.95 Å². The molecule has 2 rings (SSSR count). The highest BCUT2D eigenvalue weighted by molar-refractivity contribution is 5.30. The average Bonchev–Trinajstić information content (AvgIpc) is 2.68. The molecule has 1 aliphatic rings. The van der Waals surface area contributed by atoms with Gasteiger partial charge >= 0.3 is 0 Å². The zero-order chi connectivity index (χ0) is 9.80. The van der Waals surface area contributed by atoms with Gasteiger partial charge in [-0.05, 0) is 24.8 Å². The largest absolute Gasteiger partial charge is 0.396 e. The van der Waals surface area contributed by atoms with Crippen molar-refractivity contribution in [1.29, 1.82) is 0 Å². The van der Waals surface area contributed by atoms with E-state index in [1.807, 2.05) is 6.07 Å². The lowest BCUT2D eigenvalue weighted by molar-refractivity contribution is 0.263. The van der Waals surface area contributed by atoms with Gasteiger partial charge in [0.15, 0.2) is 0 Å². The van der Waals surface area contributed by atoms with Crippen LogP contribution < -0.4 is 4.90 Å². The first-order chi connectivity index (χ1) is 6.90. The van der Waals surface area contributed by atoms with Crippen molar-refractivity contribution in [1.82, 2.24) is 9.97 Å². The summed E-state index contributed by atoms with van der Waals surface area (Å²) in [7, 11) is 0. The van der Waals surface area contributed by atoms with Gasteiger partial charge in [0.2, 0.25) is 5.95 Å². The highest BCUT2D eigenvalue weighted by atomic mass is 16.3. The van der Waals surface area contributed by atoms with Crippen molar-refractivity contribution in [2.45, 2.75) is 12.8 Å². The lowest BCUT2D eigenvalue weighted by Crippen LogP contribution is -2.22. The molecular formula is C10H15N3O.